The second-order valence-corrected chi connectivity index (χ2v) is 6.06. The third-order valence-corrected chi connectivity index (χ3v) is 4.79. The first kappa shape index (κ1) is 16.8. The molecule has 0 spiro atoms. The van der Waals surface area contributed by atoms with E-state index in [1.807, 2.05) is 13.0 Å². The van der Waals surface area contributed by atoms with Gasteiger partial charge >= 0.3 is 5.97 Å². The Labute approximate surface area is 133 Å². The molecule has 1 aliphatic rings. The topological polar surface area (TPSA) is 40.0 Å². The Morgan fingerprint density at radius 2 is 2.05 bits per heavy atom. The van der Waals surface area contributed by atoms with Crippen molar-refractivity contribution >= 4 is 5.97 Å². The maximum absolute atomic E-state index is 12.2. The lowest BCUT2D eigenvalue weighted by Gasteiger charge is -2.31. The normalized spacial score (nSPS) is 21.5. The number of hydrogen-bond donors (Lipinski definition) is 1. The summed E-state index contributed by atoms with van der Waals surface area (Å²) in [5.74, 6) is 0.886. The van der Waals surface area contributed by atoms with Crippen LogP contribution >= 0.6 is 0 Å². The van der Waals surface area contributed by atoms with Crippen LogP contribution in [-0.2, 0) is 16.1 Å². The average molecular weight is 306 g/mol. The van der Waals surface area contributed by atoms with Crippen LogP contribution in [0.15, 0.2) is 12.1 Å². The summed E-state index contributed by atoms with van der Waals surface area (Å²) in [6.45, 7) is 8.47. The molecule has 1 heterocycles. The molecule has 22 heavy (non-hydrogen) atoms. The average Bonchev–Trinajstić information content (AvgIpc) is 2.53. The molecule has 2 atom stereocenters. The summed E-state index contributed by atoms with van der Waals surface area (Å²) in [7, 11) is 1.70. The number of carbonyl (C=O) groups excluding carboxylic acids is 1. The SMILES string of the molecule is CCOC(=O)[C@@H]1CCCC[NH+]1Cc1ccc(OC)c(C)c1C. The van der Waals surface area contributed by atoms with Crippen LogP contribution in [-0.4, -0.2) is 32.3 Å². The zero-order chi connectivity index (χ0) is 16.1. The van der Waals surface area contributed by atoms with E-state index in [0.717, 1.165) is 31.7 Å². The number of quaternary nitrogens is 1. The van der Waals surface area contributed by atoms with Crippen LogP contribution in [0.2, 0.25) is 0 Å². The fourth-order valence-electron chi connectivity index (χ4n) is 3.33. The number of hydrogen-bond acceptors (Lipinski definition) is 3. The highest BCUT2D eigenvalue weighted by molar-refractivity contribution is 5.74. The van der Waals surface area contributed by atoms with Crippen molar-refractivity contribution in [2.75, 3.05) is 20.3 Å². The van der Waals surface area contributed by atoms with Crippen LogP contribution in [0.5, 0.6) is 5.75 Å². The Hall–Kier alpha value is -1.55. The molecule has 1 aliphatic heterocycles. The molecule has 0 bridgehead atoms. The first-order valence-corrected chi connectivity index (χ1v) is 8.22. The van der Waals surface area contributed by atoms with Crippen molar-refractivity contribution in [3.8, 4) is 5.75 Å². The number of benzene rings is 1. The van der Waals surface area contributed by atoms with Gasteiger partial charge in [-0.25, -0.2) is 4.79 Å². The number of rotatable bonds is 5. The highest BCUT2D eigenvalue weighted by atomic mass is 16.5. The third-order valence-electron chi connectivity index (χ3n) is 4.79. The fourth-order valence-corrected chi connectivity index (χ4v) is 3.33. The third kappa shape index (κ3) is 3.61. The van der Waals surface area contributed by atoms with Gasteiger partial charge in [-0.3, -0.25) is 0 Å². The number of nitrogens with one attached hydrogen (secondary N) is 1. The summed E-state index contributed by atoms with van der Waals surface area (Å²) in [4.78, 5) is 13.5. The number of methoxy groups -OCH3 is 1. The van der Waals surface area contributed by atoms with Gasteiger partial charge < -0.3 is 14.4 Å². The number of piperidine rings is 1. The van der Waals surface area contributed by atoms with E-state index < -0.39 is 0 Å². The van der Waals surface area contributed by atoms with Crippen LogP contribution in [0.1, 0.15) is 42.9 Å². The largest absolute Gasteiger partial charge is 0.496 e. The molecule has 122 valence electrons. The Morgan fingerprint density at radius 3 is 2.73 bits per heavy atom. The zero-order valence-corrected chi connectivity index (χ0v) is 14.2. The Balaban J connectivity index is 2.17. The molecule has 0 amide bonds. The summed E-state index contributed by atoms with van der Waals surface area (Å²) >= 11 is 0. The lowest BCUT2D eigenvalue weighted by Crippen LogP contribution is -3.16. The van der Waals surface area contributed by atoms with Crippen LogP contribution in [0, 0.1) is 13.8 Å². The second-order valence-electron chi connectivity index (χ2n) is 6.06. The highest BCUT2D eigenvalue weighted by Gasteiger charge is 2.33. The highest BCUT2D eigenvalue weighted by Crippen LogP contribution is 2.23. The molecule has 0 radical (unpaired) electrons. The molecule has 0 aliphatic carbocycles. The van der Waals surface area contributed by atoms with E-state index in [9.17, 15) is 4.79 Å². The Kier molecular flexibility index (Phi) is 5.83. The summed E-state index contributed by atoms with van der Waals surface area (Å²) in [6, 6.07) is 4.14. The quantitative estimate of drug-likeness (QED) is 0.844. The maximum atomic E-state index is 12.2. The van der Waals surface area contributed by atoms with E-state index in [-0.39, 0.29) is 12.0 Å². The number of ether oxygens (including phenoxy) is 2. The van der Waals surface area contributed by atoms with Gasteiger partial charge in [0.25, 0.3) is 0 Å². The number of esters is 1. The molecule has 0 saturated carbocycles. The summed E-state index contributed by atoms with van der Waals surface area (Å²) in [5.41, 5.74) is 3.74. The standard InChI is InChI=1S/C18H27NO3/c1-5-22-18(20)16-8-6-7-11-19(16)12-15-9-10-17(21-4)14(3)13(15)2/h9-10,16H,5-8,11-12H2,1-4H3/p+1/t16-/m0/s1. The Morgan fingerprint density at radius 1 is 1.27 bits per heavy atom. The first-order chi connectivity index (χ1) is 10.6. The molecule has 1 saturated heterocycles. The fraction of sp³-hybridized carbons (Fsp3) is 0.611. The Bertz CT molecular complexity index is 527. The molecule has 4 nitrogen and oxygen atoms in total. The molecule has 0 aromatic heterocycles. The van der Waals surface area contributed by atoms with E-state index in [0.29, 0.717) is 6.61 Å². The van der Waals surface area contributed by atoms with Gasteiger partial charge in [0.1, 0.15) is 12.3 Å². The van der Waals surface area contributed by atoms with Gasteiger partial charge in [0.2, 0.25) is 0 Å². The first-order valence-electron chi connectivity index (χ1n) is 8.22. The minimum atomic E-state index is -0.0416. The van der Waals surface area contributed by atoms with Crippen molar-refractivity contribution < 1.29 is 19.2 Å². The van der Waals surface area contributed by atoms with Crippen LogP contribution in [0.4, 0.5) is 0 Å². The molecular weight excluding hydrogens is 278 g/mol. The van der Waals surface area contributed by atoms with Gasteiger partial charge in [-0.2, -0.15) is 0 Å². The van der Waals surface area contributed by atoms with Crippen LogP contribution in [0.3, 0.4) is 0 Å². The lowest BCUT2D eigenvalue weighted by atomic mass is 9.98. The van der Waals surface area contributed by atoms with E-state index in [1.165, 1.54) is 28.0 Å². The molecular formula is C18H28NO3+. The van der Waals surface area contributed by atoms with E-state index >= 15 is 0 Å². The van der Waals surface area contributed by atoms with Crippen molar-refractivity contribution in [2.24, 2.45) is 0 Å². The van der Waals surface area contributed by atoms with E-state index in [2.05, 4.69) is 19.9 Å². The van der Waals surface area contributed by atoms with Gasteiger partial charge in [-0.15, -0.1) is 0 Å². The molecule has 4 heteroatoms. The minimum absolute atomic E-state index is 0.0180. The van der Waals surface area contributed by atoms with Gasteiger partial charge in [-0.1, -0.05) is 0 Å². The number of likely N-dealkylation sites (tertiary alicyclic amines) is 1. The molecule has 2 rings (SSSR count). The van der Waals surface area contributed by atoms with Crippen molar-refractivity contribution in [1.82, 2.24) is 0 Å². The van der Waals surface area contributed by atoms with Crippen molar-refractivity contribution in [3.63, 3.8) is 0 Å². The van der Waals surface area contributed by atoms with Gasteiger partial charge in [-0.05, 0) is 56.9 Å². The minimum Gasteiger partial charge on any atom is -0.496 e. The summed E-state index contributed by atoms with van der Waals surface area (Å²) < 4.78 is 10.6. The molecule has 1 unspecified atom stereocenters. The number of carbonyl (C=O) groups is 1. The van der Waals surface area contributed by atoms with Crippen molar-refractivity contribution in [2.45, 2.75) is 52.6 Å². The van der Waals surface area contributed by atoms with Gasteiger partial charge in [0.15, 0.2) is 6.04 Å². The molecule has 1 aromatic rings. The molecule has 1 fully saturated rings. The summed E-state index contributed by atoms with van der Waals surface area (Å²) in [5, 5.41) is 0. The van der Waals surface area contributed by atoms with Gasteiger partial charge in [0.05, 0.1) is 20.3 Å². The van der Waals surface area contributed by atoms with Crippen molar-refractivity contribution in [3.05, 3.63) is 28.8 Å². The predicted molar refractivity (Wildman–Crippen MR) is 86.3 cm³/mol. The van der Waals surface area contributed by atoms with Crippen LogP contribution < -0.4 is 9.64 Å². The monoisotopic (exact) mass is 306 g/mol. The molecule has 1 N–H and O–H groups in total. The van der Waals surface area contributed by atoms with Gasteiger partial charge in [0, 0.05) is 12.0 Å². The maximum Gasteiger partial charge on any atom is 0.364 e. The summed E-state index contributed by atoms with van der Waals surface area (Å²) in [6.07, 6.45) is 3.23. The van der Waals surface area contributed by atoms with Crippen molar-refractivity contribution in [1.29, 1.82) is 0 Å². The molecule has 1 aromatic carbocycles. The smallest absolute Gasteiger partial charge is 0.364 e. The zero-order valence-electron chi connectivity index (χ0n) is 14.2. The van der Waals surface area contributed by atoms with E-state index in [1.54, 1.807) is 7.11 Å². The van der Waals surface area contributed by atoms with E-state index in [4.69, 9.17) is 9.47 Å². The second kappa shape index (κ2) is 7.63. The van der Waals surface area contributed by atoms with Crippen LogP contribution in [0.25, 0.3) is 0 Å². The lowest BCUT2D eigenvalue weighted by molar-refractivity contribution is -0.935. The predicted octanol–water partition coefficient (Wildman–Crippen LogP) is 1.81.